The van der Waals surface area contributed by atoms with Crippen molar-refractivity contribution in [1.29, 1.82) is 10.5 Å². The zero-order valence-electron chi connectivity index (χ0n) is 6.83. The second-order valence-corrected chi connectivity index (χ2v) is 4.48. The summed E-state index contributed by atoms with van der Waals surface area (Å²) in [4.78, 5) is 0. The van der Waals surface area contributed by atoms with Gasteiger partial charge in [-0.15, -0.1) is 0 Å². The SMILES string of the molecule is CC(C)(C#N)NS(=O)(=O)CC#N. The molecule has 0 aromatic heterocycles. The Kier molecular flexibility index (Phi) is 3.20. The predicted octanol–water partition coefficient (Wildman–Crippen LogP) is -0.268. The van der Waals surface area contributed by atoms with Gasteiger partial charge in [0.15, 0.2) is 5.75 Å². The fraction of sp³-hybridized carbons (Fsp3) is 0.667. The van der Waals surface area contributed by atoms with Gasteiger partial charge < -0.3 is 0 Å². The van der Waals surface area contributed by atoms with E-state index in [1.165, 1.54) is 19.9 Å². The molecular formula is C6H9N3O2S. The molecule has 0 atom stereocenters. The molecule has 0 fully saturated rings. The van der Waals surface area contributed by atoms with Crippen molar-refractivity contribution in [3.05, 3.63) is 0 Å². The van der Waals surface area contributed by atoms with Crippen LogP contribution in [0.25, 0.3) is 0 Å². The standard InChI is InChI=1S/C6H9N3O2S/c1-6(2,5-8)9-12(10,11)4-3-7/h9H,4H2,1-2H3. The van der Waals surface area contributed by atoms with Gasteiger partial charge in [0.1, 0.15) is 5.54 Å². The van der Waals surface area contributed by atoms with E-state index in [-0.39, 0.29) is 0 Å². The lowest BCUT2D eigenvalue weighted by Gasteiger charge is -2.15. The highest BCUT2D eigenvalue weighted by Gasteiger charge is 2.23. The van der Waals surface area contributed by atoms with Gasteiger partial charge in [0.05, 0.1) is 12.1 Å². The average Bonchev–Trinajstić information content (AvgIpc) is 1.85. The van der Waals surface area contributed by atoms with Crippen molar-refractivity contribution in [1.82, 2.24) is 4.72 Å². The van der Waals surface area contributed by atoms with Gasteiger partial charge in [-0.1, -0.05) is 0 Å². The first-order valence-electron chi connectivity index (χ1n) is 3.13. The Bertz CT molecular complexity index is 331. The smallest absolute Gasteiger partial charge is 0.211 e. The summed E-state index contributed by atoms with van der Waals surface area (Å²) in [6, 6.07) is 3.25. The van der Waals surface area contributed by atoms with E-state index in [1.54, 1.807) is 6.07 Å². The summed E-state index contributed by atoms with van der Waals surface area (Å²) in [6.07, 6.45) is 0. The van der Waals surface area contributed by atoms with Crippen LogP contribution in [0.1, 0.15) is 13.8 Å². The van der Waals surface area contributed by atoms with Crippen LogP contribution in [0.2, 0.25) is 0 Å². The van der Waals surface area contributed by atoms with Crippen molar-refractivity contribution >= 4 is 10.0 Å². The Morgan fingerprint density at radius 3 is 2.25 bits per heavy atom. The number of hydrogen-bond donors (Lipinski definition) is 1. The van der Waals surface area contributed by atoms with E-state index in [4.69, 9.17) is 10.5 Å². The fourth-order valence-electron chi connectivity index (χ4n) is 0.533. The molecule has 0 heterocycles. The maximum atomic E-state index is 10.9. The summed E-state index contributed by atoms with van der Waals surface area (Å²) in [5.41, 5.74) is -1.16. The van der Waals surface area contributed by atoms with E-state index in [0.717, 1.165) is 0 Å². The third-order valence-electron chi connectivity index (χ3n) is 0.945. The molecule has 0 aliphatic heterocycles. The first kappa shape index (κ1) is 10.9. The highest BCUT2D eigenvalue weighted by molar-refractivity contribution is 7.89. The molecule has 0 aliphatic rings. The molecule has 0 spiro atoms. The van der Waals surface area contributed by atoms with E-state index in [9.17, 15) is 8.42 Å². The van der Waals surface area contributed by atoms with Gasteiger partial charge >= 0.3 is 0 Å². The molecule has 5 nitrogen and oxygen atoms in total. The number of nitrogens with zero attached hydrogens (tertiary/aromatic N) is 2. The molecule has 1 N–H and O–H groups in total. The van der Waals surface area contributed by atoms with Gasteiger partial charge in [0, 0.05) is 0 Å². The third kappa shape index (κ3) is 3.91. The minimum absolute atomic E-state index is 0.627. The second-order valence-electron chi connectivity index (χ2n) is 2.76. The number of hydrogen-bond acceptors (Lipinski definition) is 4. The Morgan fingerprint density at radius 1 is 1.42 bits per heavy atom. The molecule has 0 bridgehead atoms. The number of rotatable bonds is 3. The molecule has 12 heavy (non-hydrogen) atoms. The molecule has 0 aliphatic carbocycles. The summed E-state index contributed by atoms with van der Waals surface area (Å²) in [6.45, 7) is 2.84. The summed E-state index contributed by atoms with van der Waals surface area (Å²) in [7, 11) is -3.64. The van der Waals surface area contributed by atoms with Crippen molar-refractivity contribution in [2.45, 2.75) is 19.4 Å². The average molecular weight is 187 g/mol. The van der Waals surface area contributed by atoms with Crippen LogP contribution in [0.15, 0.2) is 0 Å². The Balaban J connectivity index is 4.51. The Labute approximate surface area is 71.7 Å². The third-order valence-corrected chi connectivity index (χ3v) is 2.28. The lowest BCUT2D eigenvalue weighted by molar-refractivity contribution is 0.538. The molecule has 0 aromatic carbocycles. The molecule has 66 valence electrons. The molecular weight excluding hydrogens is 178 g/mol. The van der Waals surface area contributed by atoms with Crippen LogP contribution in [-0.4, -0.2) is 19.7 Å². The van der Waals surface area contributed by atoms with Crippen LogP contribution < -0.4 is 4.72 Å². The largest absolute Gasteiger partial charge is 0.226 e. The highest BCUT2D eigenvalue weighted by Crippen LogP contribution is 2.01. The van der Waals surface area contributed by atoms with E-state index in [1.807, 2.05) is 0 Å². The lowest BCUT2D eigenvalue weighted by Crippen LogP contribution is -2.42. The molecule has 0 amide bonds. The highest BCUT2D eigenvalue weighted by atomic mass is 32.2. The van der Waals surface area contributed by atoms with Gasteiger partial charge in [0.25, 0.3) is 0 Å². The number of sulfonamides is 1. The summed E-state index contributed by atoms with van der Waals surface area (Å²) in [5.74, 6) is -0.627. The van der Waals surface area contributed by atoms with Gasteiger partial charge in [-0.3, -0.25) is 0 Å². The minimum atomic E-state index is -3.64. The van der Waals surface area contributed by atoms with Crippen LogP contribution in [0, 0.1) is 22.7 Å². The van der Waals surface area contributed by atoms with Crippen molar-refractivity contribution in [3.63, 3.8) is 0 Å². The van der Waals surface area contributed by atoms with Crippen LogP contribution >= 0.6 is 0 Å². The Morgan fingerprint density at radius 2 is 1.92 bits per heavy atom. The van der Waals surface area contributed by atoms with Crippen LogP contribution in [0.3, 0.4) is 0 Å². The van der Waals surface area contributed by atoms with Crippen molar-refractivity contribution < 1.29 is 8.42 Å². The molecule has 0 unspecified atom stereocenters. The van der Waals surface area contributed by atoms with Crippen molar-refractivity contribution in [2.24, 2.45) is 0 Å². The molecule has 0 rings (SSSR count). The van der Waals surface area contributed by atoms with E-state index in [2.05, 4.69) is 4.72 Å². The first-order valence-corrected chi connectivity index (χ1v) is 4.78. The summed E-state index contributed by atoms with van der Waals surface area (Å²) in [5, 5.41) is 16.6. The van der Waals surface area contributed by atoms with Crippen molar-refractivity contribution in [2.75, 3.05) is 5.75 Å². The van der Waals surface area contributed by atoms with Crippen LogP contribution in [-0.2, 0) is 10.0 Å². The van der Waals surface area contributed by atoms with Gasteiger partial charge in [0.2, 0.25) is 10.0 Å². The summed E-state index contributed by atoms with van der Waals surface area (Å²) < 4.78 is 23.9. The zero-order valence-corrected chi connectivity index (χ0v) is 7.64. The van der Waals surface area contributed by atoms with Crippen molar-refractivity contribution in [3.8, 4) is 12.1 Å². The normalized spacial score (nSPS) is 11.7. The molecule has 0 saturated carbocycles. The maximum absolute atomic E-state index is 10.9. The number of nitrogens with one attached hydrogen (secondary N) is 1. The first-order chi connectivity index (χ1) is 5.33. The molecule has 0 saturated heterocycles. The topological polar surface area (TPSA) is 93.8 Å². The second kappa shape index (κ2) is 3.53. The lowest BCUT2D eigenvalue weighted by atomic mass is 10.1. The molecule has 6 heteroatoms. The summed E-state index contributed by atoms with van der Waals surface area (Å²) >= 11 is 0. The minimum Gasteiger partial charge on any atom is -0.211 e. The monoisotopic (exact) mass is 187 g/mol. The van der Waals surface area contributed by atoms with Gasteiger partial charge in [-0.05, 0) is 13.8 Å². The number of nitriles is 2. The predicted molar refractivity (Wildman–Crippen MR) is 42.2 cm³/mol. The zero-order chi connectivity index (χ0) is 9.83. The van der Waals surface area contributed by atoms with E-state index >= 15 is 0 Å². The maximum Gasteiger partial charge on any atom is 0.226 e. The quantitative estimate of drug-likeness (QED) is 0.658. The molecule has 0 radical (unpaired) electrons. The van der Waals surface area contributed by atoms with Gasteiger partial charge in [-0.2, -0.15) is 15.2 Å². The van der Waals surface area contributed by atoms with Crippen LogP contribution in [0.5, 0.6) is 0 Å². The Hall–Kier alpha value is -1.11. The van der Waals surface area contributed by atoms with Crippen LogP contribution in [0.4, 0.5) is 0 Å². The van der Waals surface area contributed by atoms with Gasteiger partial charge in [-0.25, -0.2) is 8.42 Å². The van der Waals surface area contributed by atoms with E-state index < -0.39 is 21.3 Å². The molecule has 0 aromatic rings. The van der Waals surface area contributed by atoms with E-state index in [0.29, 0.717) is 0 Å². The fourth-order valence-corrected chi connectivity index (χ4v) is 1.60.